The predicted molar refractivity (Wildman–Crippen MR) is 89.2 cm³/mol. The van der Waals surface area contributed by atoms with Crippen LogP contribution in [0.3, 0.4) is 0 Å². The monoisotopic (exact) mass is 342 g/mol. The lowest BCUT2D eigenvalue weighted by Gasteiger charge is -2.40. The number of ether oxygens (including phenoxy) is 1. The third-order valence-corrected chi connectivity index (χ3v) is 4.62. The number of benzene rings is 1. The summed E-state index contributed by atoms with van der Waals surface area (Å²) in [5.74, 6) is 0.886. The Morgan fingerprint density at radius 2 is 1.95 bits per heavy atom. The van der Waals surface area contributed by atoms with Gasteiger partial charge in [-0.15, -0.1) is 0 Å². The van der Waals surface area contributed by atoms with Gasteiger partial charge in [-0.1, -0.05) is 36.7 Å². The van der Waals surface area contributed by atoms with Gasteiger partial charge in [0, 0.05) is 22.6 Å². The molecule has 0 saturated heterocycles. The molecule has 2 N–H and O–H groups in total. The van der Waals surface area contributed by atoms with Crippen molar-refractivity contribution >= 4 is 15.9 Å². The molecule has 1 aromatic carbocycles. The Labute approximate surface area is 131 Å². The third kappa shape index (κ3) is 3.96. The first-order chi connectivity index (χ1) is 9.22. The molecule has 114 valence electrons. The van der Waals surface area contributed by atoms with Crippen molar-refractivity contribution < 1.29 is 4.74 Å². The minimum absolute atomic E-state index is 0.136. The topological polar surface area (TPSA) is 38.5 Å². The highest BCUT2D eigenvalue weighted by atomic mass is 79.9. The average molecular weight is 343 g/mol. The van der Waals surface area contributed by atoms with E-state index in [0.29, 0.717) is 12.6 Å². The Balaban J connectivity index is 3.16. The fourth-order valence-corrected chi connectivity index (χ4v) is 2.74. The van der Waals surface area contributed by atoms with Crippen LogP contribution in [0, 0.1) is 5.41 Å². The van der Waals surface area contributed by atoms with E-state index < -0.39 is 0 Å². The van der Waals surface area contributed by atoms with Gasteiger partial charge in [-0.05, 0) is 37.6 Å². The number of hydrogen-bond donors (Lipinski definition) is 1. The SMILES string of the molecule is COc1ccc(Br)cc1C(CN)N(C)C(C)C(C)(C)C. The Morgan fingerprint density at radius 3 is 2.40 bits per heavy atom. The van der Waals surface area contributed by atoms with E-state index in [2.05, 4.69) is 61.6 Å². The molecule has 2 atom stereocenters. The molecule has 0 radical (unpaired) electrons. The van der Waals surface area contributed by atoms with Crippen molar-refractivity contribution in [3.05, 3.63) is 28.2 Å². The molecule has 0 aliphatic carbocycles. The second-order valence-corrected chi connectivity index (χ2v) is 7.26. The van der Waals surface area contributed by atoms with Crippen LogP contribution in [0.5, 0.6) is 5.75 Å². The predicted octanol–water partition coefficient (Wildman–Crippen LogP) is 3.82. The molecule has 0 fully saturated rings. The molecule has 4 heteroatoms. The summed E-state index contributed by atoms with van der Waals surface area (Å²) >= 11 is 3.53. The van der Waals surface area contributed by atoms with Gasteiger partial charge in [0.25, 0.3) is 0 Å². The zero-order valence-electron chi connectivity index (χ0n) is 13.4. The van der Waals surface area contributed by atoms with Crippen molar-refractivity contribution in [3.8, 4) is 5.75 Å². The molecule has 0 aromatic heterocycles. The van der Waals surface area contributed by atoms with Gasteiger partial charge in [-0.3, -0.25) is 4.90 Å². The summed E-state index contributed by atoms with van der Waals surface area (Å²) in [6, 6.07) is 6.61. The van der Waals surface area contributed by atoms with Gasteiger partial charge in [-0.25, -0.2) is 0 Å². The van der Waals surface area contributed by atoms with Gasteiger partial charge in [0.15, 0.2) is 0 Å². The molecule has 0 amide bonds. The van der Waals surface area contributed by atoms with Gasteiger partial charge < -0.3 is 10.5 Å². The zero-order chi connectivity index (χ0) is 15.5. The molecule has 1 rings (SSSR count). The summed E-state index contributed by atoms with van der Waals surface area (Å²) in [6.07, 6.45) is 0. The fourth-order valence-electron chi connectivity index (χ4n) is 2.36. The van der Waals surface area contributed by atoms with Crippen LogP contribution < -0.4 is 10.5 Å². The summed E-state index contributed by atoms with van der Waals surface area (Å²) in [6.45, 7) is 9.55. The van der Waals surface area contributed by atoms with E-state index >= 15 is 0 Å². The second kappa shape index (κ2) is 6.92. The van der Waals surface area contributed by atoms with E-state index in [1.807, 2.05) is 12.1 Å². The van der Waals surface area contributed by atoms with E-state index in [9.17, 15) is 0 Å². The van der Waals surface area contributed by atoms with E-state index in [1.54, 1.807) is 7.11 Å². The Bertz CT molecular complexity index is 443. The van der Waals surface area contributed by atoms with Crippen LogP contribution in [-0.4, -0.2) is 31.6 Å². The summed E-state index contributed by atoms with van der Waals surface area (Å²) in [5.41, 5.74) is 7.37. The molecule has 1 aromatic rings. The Kier molecular flexibility index (Phi) is 6.05. The highest BCUT2D eigenvalue weighted by Gasteiger charge is 2.30. The molecule has 0 aliphatic heterocycles. The first-order valence-electron chi connectivity index (χ1n) is 6.97. The lowest BCUT2D eigenvalue weighted by molar-refractivity contribution is 0.0988. The Morgan fingerprint density at radius 1 is 1.35 bits per heavy atom. The van der Waals surface area contributed by atoms with Gasteiger partial charge >= 0.3 is 0 Å². The fraction of sp³-hybridized carbons (Fsp3) is 0.625. The standard InChI is InChI=1S/C16H27BrN2O/c1-11(16(2,3)4)19(5)14(10-18)13-9-12(17)7-8-15(13)20-6/h7-9,11,14H,10,18H2,1-6H3. The molecule has 0 bridgehead atoms. The van der Waals surface area contributed by atoms with Crippen LogP contribution in [0.4, 0.5) is 0 Å². The van der Waals surface area contributed by atoms with Crippen molar-refractivity contribution in [1.29, 1.82) is 0 Å². The maximum Gasteiger partial charge on any atom is 0.123 e. The lowest BCUT2D eigenvalue weighted by Crippen LogP contribution is -2.43. The molecule has 3 nitrogen and oxygen atoms in total. The van der Waals surface area contributed by atoms with Crippen molar-refractivity contribution in [1.82, 2.24) is 4.90 Å². The lowest BCUT2D eigenvalue weighted by atomic mass is 9.86. The van der Waals surface area contributed by atoms with Gasteiger partial charge in [0.05, 0.1) is 13.2 Å². The normalized spacial score (nSPS) is 15.2. The van der Waals surface area contributed by atoms with Crippen molar-refractivity contribution in [2.24, 2.45) is 11.1 Å². The van der Waals surface area contributed by atoms with E-state index in [0.717, 1.165) is 15.8 Å². The van der Waals surface area contributed by atoms with E-state index in [-0.39, 0.29) is 11.5 Å². The van der Waals surface area contributed by atoms with E-state index in [1.165, 1.54) is 0 Å². The average Bonchev–Trinajstić information content (AvgIpc) is 2.37. The van der Waals surface area contributed by atoms with Gasteiger partial charge in [-0.2, -0.15) is 0 Å². The number of nitrogens with zero attached hydrogens (tertiary/aromatic N) is 1. The quantitative estimate of drug-likeness (QED) is 0.883. The number of methoxy groups -OCH3 is 1. The molecule has 0 spiro atoms. The molecule has 2 unspecified atom stereocenters. The summed E-state index contributed by atoms with van der Waals surface area (Å²) in [5, 5.41) is 0. The maximum atomic E-state index is 6.05. The second-order valence-electron chi connectivity index (χ2n) is 6.35. The first kappa shape index (κ1) is 17.5. The van der Waals surface area contributed by atoms with Crippen LogP contribution in [0.25, 0.3) is 0 Å². The smallest absolute Gasteiger partial charge is 0.123 e. The summed E-state index contributed by atoms with van der Waals surface area (Å²) in [7, 11) is 3.83. The van der Waals surface area contributed by atoms with Crippen LogP contribution in [0.2, 0.25) is 0 Å². The van der Waals surface area contributed by atoms with E-state index in [4.69, 9.17) is 10.5 Å². The Hall–Kier alpha value is -0.580. The van der Waals surface area contributed by atoms with Crippen molar-refractivity contribution in [2.45, 2.75) is 39.8 Å². The van der Waals surface area contributed by atoms with Gasteiger partial charge in [0.2, 0.25) is 0 Å². The number of hydrogen-bond acceptors (Lipinski definition) is 3. The number of halogens is 1. The van der Waals surface area contributed by atoms with Crippen molar-refractivity contribution in [2.75, 3.05) is 20.7 Å². The van der Waals surface area contributed by atoms with Crippen LogP contribution >= 0.6 is 15.9 Å². The van der Waals surface area contributed by atoms with Crippen LogP contribution in [0.1, 0.15) is 39.3 Å². The maximum absolute atomic E-state index is 6.05. The minimum atomic E-state index is 0.136. The van der Waals surface area contributed by atoms with Crippen LogP contribution in [-0.2, 0) is 0 Å². The molecular weight excluding hydrogens is 316 g/mol. The number of rotatable bonds is 5. The minimum Gasteiger partial charge on any atom is -0.496 e. The molecular formula is C16H27BrN2O. The largest absolute Gasteiger partial charge is 0.496 e. The highest BCUT2D eigenvalue weighted by molar-refractivity contribution is 9.10. The number of nitrogens with two attached hydrogens (primary N) is 1. The highest BCUT2D eigenvalue weighted by Crippen LogP contribution is 2.34. The molecule has 0 heterocycles. The molecule has 0 saturated carbocycles. The summed E-state index contributed by atoms with van der Waals surface area (Å²) in [4.78, 5) is 2.34. The molecule has 0 aliphatic rings. The van der Waals surface area contributed by atoms with Crippen LogP contribution in [0.15, 0.2) is 22.7 Å². The molecule has 20 heavy (non-hydrogen) atoms. The summed E-state index contributed by atoms with van der Waals surface area (Å²) < 4.78 is 6.54. The first-order valence-corrected chi connectivity index (χ1v) is 7.77. The number of likely N-dealkylation sites (N-methyl/N-ethyl adjacent to an activating group) is 1. The third-order valence-electron chi connectivity index (χ3n) is 4.13. The van der Waals surface area contributed by atoms with Gasteiger partial charge in [0.1, 0.15) is 5.75 Å². The zero-order valence-corrected chi connectivity index (χ0v) is 15.0. The van der Waals surface area contributed by atoms with Crippen molar-refractivity contribution in [3.63, 3.8) is 0 Å².